The molecule has 0 aromatic rings. The van der Waals surface area contributed by atoms with Crippen LogP contribution in [0.2, 0.25) is 0 Å². The highest BCUT2D eigenvalue weighted by atomic mass is 16.1. The van der Waals surface area contributed by atoms with Gasteiger partial charge in [-0.3, -0.25) is 4.79 Å². The highest BCUT2D eigenvalue weighted by Crippen LogP contribution is 2.27. The minimum Gasteiger partial charge on any atom is -0.369 e. The van der Waals surface area contributed by atoms with Crippen LogP contribution in [0.3, 0.4) is 0 Å². The van der Waals surface area contributed by atoms with Crippen LogP contribution in [0.1, 0.15) is 55.3 Å². The van der Waals surface area contributed by atoms with Crippen LogP contribution in [0, 0.1) is 17.3 Å². The molecule has 1 aliphatic rings. The molecule has 0 spiro atoms. The first-order valence-electron chi connectivity index (χ1n) is 5.51. The maximum Gasteiger partial charge on any atom is 0.220 e. The Morgan fingerprint density at radius 3 is 1.86 bits per heavy atom. The average Bonchev–Trinajstić information content (AvgIpc) is 2.59. The van der Waals surface area contributed by atoms with Gasteiger partial charge < -0.3 is 5.73 Å². The van der Waals surface area contributed by atoms with E-state index in [4.69, 9.17) is 5.73 Å². The molecule has 2 heteroatoms. The molecular weight excluding hydrogens is 174 g/mol. The molecule has 0 aliphatic heterocycles. The Morgan fingerprint density at radius 2 is 1.86 bits per heavy atom. The summed E-state index contributed by atoms with van der Waals surface area (Å²) < 4.78 is 0. The number of carbonyl (C=O) groups is 1. The van der Waals surface area contributed by atoms with Crippen molar-refractivity contribution in [3.8, 4) is 0 Å². The highest BCUT2D eigenvalue weighted by Gasteiger charge is 2.26. The molecule has 1 rings (SSSR count). The summed E-state index contributed by atoms with van der Waals surface area (Å²) in [5, 5.41) is 0. The maximum absolute atomic E-state index is 9.98. The summed E-state index contributed by atoms with van der Waals surface area (Å²) in [5.74, 6) is 0.954. The van der Waals surface area contributed by atoms with Crippen LogP contribution in [0.4, 0.5) is 0 Å². The molecule has 14 heavy (non-hydrogen) atoms. The molecule has 0 unspecified atom stereocenters. The third-order valence-corrected chi connectivity index (χ3v) is 2.00. The molecule has 0 heterocycles. The smallest absolute Gasteiger partial charge is 0.220 e. The normalized spacial score (nSPS) is 16.1. The number of hydrogen-bond donors (Lipinski definition) is 1. The fourth-order valence-electron chi connectivity index (χ4n) is 1.59. The van der Waals surface area contributed by atoms with Crippen molar-refractivity contribution in [2.75, 3.05) is 0 Å². The van der Waals surface area contributed by atoms with Gasteiger partial charge in [-0.2, -0.15) is 0 Å². The van der Waals surface area contributed by atoms with E-state index in [1.54, 1.807) is 0 Å². The number of amides is 1. The maximum atomic E-state index is 9.98. The van der Waals surface area contributed by atoms with E-state index >= 15 is 0 Å². The van der Waals surface area contributed by atoms with Gasteiger partial charge in [0.15, 0.2) is 0 Å². The zero-order valence-corrected chi connectivity index (χ0v) is 10.3. The van der Waals surface area contributed by atoms with Crippen LogP contribution in [0.25, 0.3) is 0 Å². The van der Waals surface area contributed by atoms with Crippen LogP contribution in [-0.2, 0) is 4.79 Å². The molecule has 0 saturated heterocycles. The Balaban J connectivity index is 0. The van der Waals surface area contributed by atoms with Gasteiger partial charge in [0.1, 0.15) is 0 Å². The molecule has 1 fully saturated rings. The van der Waals surface area contributed by atoms with Gasteiger partial charge in [0.25, 0.3) is 0 Å². The first-order valence-corrected chi connectivity index (χ1v) is 5.51. The van der Waals surface area contributed by atoms with E-state index in [9.17, 15) is 4.79 Å². The van der Waals surface area contributed by atoms with Crippen molar-refractivity contribution in [1.29, 1.82) is 0 Å². The van der Waals surface area contributed by atoms with Crippen molar-refractivity contribution in [3.63, 3.8) is 0 Å². The van der Waals surface area contributed by atoms with Crippen molar-refractivity contribution in [2.24, 2.45) is 23.0 Å². The summed E-state index contributed by atoms with van der Waals surface area (Å²) in [6, 6.07) is 0. The third kappa shape index (κ3) is 9.56. The summed E-state index contributed by atoms with van der Waals surface area (Å²) in [6.45, 7) is 11.4. The second-order valence-corrected chi connectivity index (χ2v) is 5.84. The van der Waals surface area contributed by atoms with Gasteiger partial charge in [-0.25, -0.2) is 0 Å². The van der Waals surface area contributed by atoms with E-state index in [0.29, 0.717) is 5.41 Å². The second-order valence-electron chi connectivity index (χ2n) is 5.84. The number of carbonyl (C=O) groups excluding carboxylic acids is 1. The number of primary amides is 1. The zero-order chi connectivity index (χ0) is 11.4. The van der Waals surface area contributed by atoms with Gasteiger partial charge in [0, 0.05) is 7.34 Å². The fourth-order valence-corrected chi connectivity index (χ4v) is 1.59. The largest absolute Gasteiger partial charge is 0.369 e. The Bertz CT molecular complexity index is 181. The Morgan fingerprint density at radius 1 is 1.43 bits per heavy atom. The van der Waals surface area contributed by atoms with E-state index in [1.807, 2.05) is 0 Å². The van der Waals surface area contributed by atoms with E-state index < -0.39 is 0 Å². The van der Waals surface area contributed by atoms with E-state index in [-0.39, 0.29) is 13.3 Å². The third-order valence-electron chi connectivity index (χ3n) is 2.00. The van der Waals surface area contributed by atoms with Gasteiger partial charge in [-0.1, -0.05) is 34.6 Å². The molecule has 1 saturated carbocycles. The summed E-state index contributed by atoms with van der Waals surface area (Å²) in [6.07, 6.45) is 3.37. The standard InChI is InChI=1S/C8H18.C4H7NO.H2/c1-7(2)6-8(3,4)5;5-4(6)3-1-2-3;/h7H,6H2,1-5H3;3H,1-2H2,(H2,5,6);1H. The van der Waals surface area contributed by atoms with Gasteiger partial charge in [-0.05, 0) is 30.6 Å². The van der Waals surface area contributed by atoms with Crippen molar-refractivity contribution in [2.45, 2.75) is 53.9 Å². The topological polar surface area (TPSA) is 43.1 Å². The molecular formula is C12H27NO. The number of rotatable bonds is 2. The Hall–Kier alpha value is -0.530. The lowest BCUT2D eigenvalue weighted by molar-refractivity contribution is -0.119. The molecule has 86 valence electrons. The van der Waals surface area contributed by atoms with Crippen LogP contribution >= 0.6 is 0 Å². The van der Waals surface area contributed by atoms with Crippen LogP contribution in [-0.4, -0.2) is 5.91 Å². The van der Waals surface area contributed by atoms with E-state index in [1.165, 1.54) is 6.42 Å². The van der Waals surface area contributed by atoms with Gasteiger partial charge in [0.05, 0.1) is 0 Å². The van der Waals surface area contributed by atoms with Gasteiger partial charge >= 0.3 is 0 Å². The minimum atomic E-state index is -0.130. The van der Waals surface area contributed by atoms with Crippen LogP contribution < -0.4 is 5.73 Å². The monoisotopic (exact) mass is 201 g/mol. The van der Waals surface area contributed by atoms with Crippen molar-refractivity contribution in [1.82, 2.24) is 0 Å². The SMILES string of the molecule is CC(C)CC(C)(C)C.NC(=O)C1CC1.[HH]. The number of hydrogen-bond acceptors (Lipinski definition) is 1. The second kappa shape index (κ2) is 5.38. The molecule has 2 nitrogen and oxygen atoms in total. The summed E-state index contributed by atoms with van der Waals surface area (Å²) >= 11 is 0. The van der Waals surface area contributed by atoms with Crippen molar-refractivity contribution >= 4 is 5.91 Å². The summed E-state index contributed by atoms with van der Waals surface area (Å²) in [4.78, 5) is 9.98. The fraction of sp³-hybridized carbons (Fsp3) is 0.917. The van der Waals surface area contributed by atoms with Gasteiger partial charge in [-0.15, -0.1) is 0 Å². The molecule has 1 aliphatic carbocycles. The molecule has 1 amide bonds. The quantitative estimate of drug-likeness (QED) is 0.732. The summed E-state index contributed by atoms with van der Waals surface area (Å²) in [5.41, 5.74) is 5.38. The lowest BCUT2D eigenvalue weighted by atomic mass is 9.86. The lowest BCUT2D eigenvalue weighted by Crippen LogP contribution is -2.11. The zero-order valence-electron chi connectivity index (χ0n) is 10.3. The molecule has 0 aromatic heterocycles. The summed E-state index contributed by atoms with van der Waals surface area (Å²) in [7, 11) is 0. The molecule has 2 N–H and O–H groups in total. The first-order chi connectivity index (χ1) is 6.22. The Labute approximate surface area is 89.7 Å². The minimum absolute atomic E-state index is 0. The van der Waals surface area contributed by atoms with E-state index in [0.717, 1.165) is 18.8 Å². The first kappa shape index (κ1) is 13.5. The highest BCUT2D eigenvalue weighted by molar-refractivity contribution is 5.78. The van der Waals surface area contributed by atoms with Crippen molar-refractivity contribution in [3.05, 3.63) is 0 Å². The van der Waals surface area contributed by atoms with Gasteiger partial charge in [0.2, 0.25) is 5.91 Å². The van der Waals surface area contributed by atoms with Crippen LogP contribution in [0.15, 0.2) is 0 Å². The molecule has 0 atom stereocenters. The molecule has 0 bridgehead atoms. The van der Waals surface area contributed by atoms with Crippen molar-refractivity contribution < 1.29 is 6.22 Å². The number of nitrogens with two attached hydrogens (primary N) is 1. The predicted molar refractivity (Wildman–Crippen MR) is 62.9 cm³/mol. The Kier molecular flexibility index (Phi) is 5.17. The van der Waals surface area contributed by atoms with E-state index in [2.05, 4.69) is 34.6 Å². The lowest BCUT2D eigenvalue weighted by Gasteiger charge is -2.19. The molecule has 0 aromatic carbocycles. The average molecular weight is 201 g/mol. The van der Waals surface area contributed by atoms with Crippen LogP contribution in [0.5, 0.6) is 0 Å². The predicted octanol–water partition coefficient (Wildman–Crippen LogP) is 3.21. The molecule has 0 radical (unpaired) electrons.